The summed E-state index contributed by atoms with van der Waals surface area (Å²) in [7, 11) is 0. The summed E-state index contributed by atoms with van der Waals surface area (Å²) in [5, 5.41) is 6.23. The van der Waals surface area contributed by atoms with E-state index in [9.17, 15) is 9.59 Å². The van der Waals surface area contributed by atoms with Crippen LogP contribution in [0.4, 0.5) is 5.69 Å². The van der Waals surface area contributed by atoms with Crippen LogP contribution < -0.4 is 10.6 Å². The Morgan fingerprint density at radius 1 is 1.32 bits per heavy atom. The molecule has 22 heavy (non-hydrogen) atoms. The van der Waals surface area contributed by atoms with E-state index in [1.165, 1.54) is 6.92 Å². The largest absolute Gasteiger partial charge is 0.331 e. The van der Waals surface area contributed by atoms with Crippen molar-refractivity contribution in [3.05, 3.63) is 29.8 Å². The zero-order valence-electron chi connectivity index (χ0n) is 13.1. The van der Waals surface area contributed by atoms with Crippen LogP contribution >= 0.6 is 12.4 Å². The molecule has 1 saturated heterocycles. The van der Waals surface area contributed by atoms with E-state index in [0.717, 1.165) is 30.6 Å². The number of halogens is 1. The molecule has 2 rings (SSSR count). The van der Waals surface area contributed by atoms with Crippen molar-refractivity contribution in [3.63, 3.8) is 0 Å². The lowest BCUT2D eigenvalue weighted by molar-refractivity contribution is -0.134. The standard InChI is InChI=1S/C16H23N3O2.ClH/c1-3-17-11-13-7-4-5-8-14(13)18-16(21)15-9-6-10-19(15)12(2)20;/h4-5,7-8,15,17H,3,6,9-11H2,1-2H3,(H,18,21);1H. The number of nitrogens with one attached hydrogen (secondary N) is 2. The molecule has 0 spiro atoms. The SMILES string of the molecule is CCNCc1ccccc1NC(=O)C1CCCN1C(C)=O.Cl. The van der Waals surface area contributed by atoms with Crippen LogP contribution in [-0.2, 0) is 16.1 Å². The Hall–Kier alpha value is -1.59. The number of likely N-dealkylation sites (tertiary alicyclic amines) is 1. The van der Waals surface area contributed by atoms with Crippen LogP contribution in [0.3, 0.4) is 0 Å². The van der Waals surface area contributed by atoms with Crippen LogP contribution in [0.25, 0.3) is 0 Å². The second kappa shape index (κ2) is 8.76. The maximum atomic E-state index is 12.4. The first-order valence-corrected chi connectivity index (χ1v) is 7.50. The molecule has 0 radical (unpaired) electrons. The Morgan fingerprint density at radius 2 is 2.05 bits per heavy atom. The van der Waals surface area contributed by atoms with Gasteiger partial charge in [0.25, 0.3) is 0 Å². The number of rotatable bonds is 5. The fourth-order valence-corrected chi connectivity index (χ4v) is 2.69. The van der Waals surface area contributed by atoms with Crippen LogP contribution in [0.1, 0.15) is 32.3 Å². The van der Waals surface area contributed by atoms with Crippen molar-refractivity contribution in [1.82, 2.24) is 10.2 Å². The smallest absolute Gasteiger partial charge is 0.247 e. The molecule has 1 aliphatic rings. The zero-order valence-corrected chi connectivity index (χ0v) is 13.9. The number of nitrogens with zero attached hydrogens (tertiary/aromatic N) is 1. The molecule has 1 fully saturated rings. The van der Waals surface area contributed by atoms with Crippen molar-refractivity contribution >= 4 is 29.9 Å². The Kier molecular flexibility index (Phi) is 7.35. The third kappa shape index (κ3) is 4.45. The molecule has 0 aliphatic carbocycles. The average molecular weight is 326 g/mol. The molecule has 1 heterocycles. The first-order chi connectivity index (χ1) is 10.1. The molecule has 1 aromatic carbocycles. The Labute approximate surface area is 137 Å². The number of hydrogen-bond donors (Lipinski definition) is 2. The molecule has 1 aliphatic heterocycles. The lowest BCUT2D eigenvalue weighted by atomic mass is 10.1. The van der Waals surface area contributed by atoms with Crippen LogP contribution in [0.15, 0.2) is 24.3 Å². The highest BCUT2D eigenvalue weighted by Crippen LogP contribution is 2.21. The first kappa shape index (κ1) is 18.5. The molecule has 6 heteroatoms. The molecule has 0 bridgehead atoms. The van der Waals surface area contributed by atoms with Crippen molar-refractivity contribution in [2.45, 2.75) is 39.3 Å². The van der Waals surface area contributed by atoms with Crippen molar-refractivity contribution in [1.29, 1.82) is 0 Å². The second-order valence-corrected chi connectivity index (χ2v) is 5.30. The minimum Gasteiger partial charge on any atom is -0.331 e. The third-order valence-electron chi connectivity index (χ3n) is 3.80. The van der Waals surface area contributed by atoms with Gasteiger partial charge in [-0.15, -0.1) is 12.4 Å². The Morgan fingerprint density at radius 3 is 2.73 bits per heavy atom. The Bertz CT molecular complexity index is 522. The van der Waals surface area contributed by atoms with E-state index in [1.54, 1.807) is 4.90 Å². The molecule has 2 amide bonds. The highest BCUT2D eigenvalue weighted by molar-refractivity contribution is 5.97. The Balaban J connectivity index is 0.00000242. The van der Waals surface area contributed by atoms with Crippen LogP contribution in [0, 0.1) is 0 Å². The van der Waals surface area contributed by atoms with E-state index < -0.39 is 0 Å². The quantitative estimate of drug-likeness (QED) is 0.872. The van der Waals surface area contributed by atoms with Gasteiger partial charge in [0, 0.05) is 25.7 Å². The van der Waals surface area contributed by atoms with Crippen LogP contribution in [0.5, 0.6) is 0 Å². The number of para-hydroxylation sites is 1. The molecule has 1 unspecified atom stereocenters. The zero-order chi connectivity index (χ0) is 15.2. The van der Waals surface area contributed by atoms with E-state index >= 15 is 0 Å². The monoisotopic (exact) mass is 325 g/mol. The number of benzene rings is 1. The van der Waals surface area contributed by atoms with Gasteiger partial charge < -0.3 is 15.5 Å². The van der Waals surface area contributed by atoms with E-state index in [1.807, 2.05) is 31.2 Å². The van der Waals surface area contributed by atoms with E-state index in [0.29, 0.717) is 13.1 Å². The van der Waals surface area contributed by atoms with Gasteiger partial charge >= 0.3 is 0 Å². The van der Waals surface area contributed by atoms with Gasteiger partial charge in [-0.2, -0.15) is 0 Å². The first-order valence-electron chi connectivity index (χ1n) is 7.50. The van der Waals surface area contributed by atoms with Crippen molar-refractivity contribution < 1.29 is 9.59 Å². The topological polar surface area (TPSA) is 61.4 Å². The van der Waals surface area contributed by atoms with Gasteiger partial charge in [0.15, 0.2) is 0 Å². The summed E-state index contributed by atoms with van der Waals surface area (Å²) in [4.78, 5) is 25.6. The minimum absolute atomic E-state index is 0. The maximum Gasteiger partial charge on any atom is 0.247 e. The summed E-state index contributed by atoms with van der Waals surface area (Å²) >= 11 is 0. The highest BCUT2D eigenvalue weighted by atomic mass is 35.5. The van der Waals surface area contributed by atoms with Crippen molar-refractivity contribution in [3.8, 4) is 0 Å². The van der Waals surface area contributed by atoms with Gasteiger partial charge in [0.1, 0.15) is 6.04 Å². The lowest BCUT2D eigenvalue weighted by Crippen LogP contribution is -2.42. The summed E-state index contributed by atoms with van der Waals surface area (Å²) in [6.45, 7) is 5.83. The van der Waals surface area contributed by atoms with E-state index in [4.69, 9.17) is 0 Å². The van der Waals surface area contributed by atoms with Crippen molar-refractivity contribution in [2.24, 2.45) is 0 Å². The molecule has 2 N–H and O–H groups in total. The molecule has 0 saturated carbocycles. The van der Waals surface area contributed by atoms with E-state index in [2.05, 4.69) is 10.6 Å². The number of carbonyl (C=O) groups excluding carboxylic acids is 2. The van der Waals surface area contributed by atoms with Crippen molar-refractivity contribution in [2.75, 3.05) is 18.4 Å². The summed E-state index contributed by atoms with van der Waals surface area (Å²) in [6, 6.07) is 7.42. The number of amides is 2. The fraction of sp³-hybridized carbons (Fsp3) is 0.500. The van der Waals surface area contributed by atoms with Gasteiger partial charge in [-0.25, -0.2) is 0 Å². The van der Waals surface area contributed by atoms with Gasteiger partial charge in [-0.05, 0) is 31.0 Å². The van der Waals surface area contributed by atoms with E-state index in [-0.39, 0.29) is 30.3 Å². The predicted molar refractivity (Wildman–Crippen MR) is 90.1 cm³/mol. The van der Waals surface area contributed by atoms with Crippen LogP contribution in [-0.4, -0.2) is 35.8 Å². The number of hydrogen-bond acceptors (Lipinski definition) is 3. The summed E-state index contributed by atoms with van der Waals surface area (Å²) in [5.41, 5.74) is 1.87. The predicted octanol–water partition coefficient (Wildman–Crippen LogP) is 2.17. The molecule has 1 atom stereocenters. The molecule has 122 valence electrons. The molecule has 5 nitrogen and oxygen atoms in total. The highest BCUT2D eigenvalue weighted by Gasteiger charge is 2.32. The van der Waals surface area contributed by atoms with Crippen LogP contribution in [0.2, 0.25) is 0 Å². The second-order valence-electron chi connectivity index (χ2n) is 5.30. The average Bonchev–Trinajstić information content (AvgIpc) is 2.96. The maximum absolute atomic E-state index is 12.4. The molecular formula is C16H24ClN3O2. The summed E-state index contributed by atoms with van der Waals surface area (Å²) < 4.78 is 0. The molecule has 0 aromatic heterocycles. The minimum atomic E-state index is -0.338. The third-order valence-corrected chi connectivity index (χ3v) is 3.80. The summed E-state index contributed by atoms with van der Waals surface area (Å²) in [6.07, 6.45) is 1.62. The molecule has 1 aromatic rings. The molecular weight excluding hydrogens is 302 g/mol. The fourth-order valence-electron chi connectivity index (χ4n) is 2.69. The summed E-state index contributed by atoms with van der Waals surface area (Å²) in [5.74, 6) is -0.125. The van der Waals surface area contributed by atoms with Gasteiger partial charge in [-0.3, -0.25) is 9.59 Å². The van der Waals surface area contributed by atoms with Gasteiger partial charge in [0.05, 0.1) is 0 Å². The normalized spacial score (nSPS) is 17.0. The van der Waals surface area contributed by atoms with Gasteiger partial charge in [-0.1, -0.05) is 25.1 Å². The van der Waals surface area contributed by atoms with Gasteiger partial charge in [0.2, 0.25) is 11.8 Å². The lowest BCUT2D eigenvalue weighted by Gasteiger charge is -2.23. The number of anilines is 1. The number of carbonyl (C=O) groups is 2.